The summed E-state index contributed by atoms with van der Waals surface area (Å²) in [5, 5.41) is 0. The first-order chi connectivity index (χ1) is 8.62. The molecule has 1 aromatic carbocycles. The van der Waals surface area contributed by atoms with Gasteiger partial charge in [-0.2, -0.15) is 0 Å². The minimum atomic E-state index is -0.164. The second-order valence-corrected chi connectivity index (χ2v) is 4.21. The van der Waals surface area contributed by atoms with Crippen molar-refractivity contribution in [1.82, 2.24) is 0 Å². The number of nitrogens with two attached hydrogens (primary N) is 1. The van der Waals surface area contributed by atoms with E-state index in [4.69, 9.17) is 15.2 Å². The van der Waals surface area contributed by atoms with Crippen LogP contribution >= 0.6 is 0 Å². The van der Waals surface area contributed by atoms with Crippen LogP contribution < -0.4 is 10.5 Å². The molecule has 0 bridgehead atoms. The number of hydrogen-bond donors (Lipinski definition) is 1. The van der Waals surface area contributed by atoms with Gasteiger partial charge in [0.05, 0.1) is 19.6 Å². The number of hydrogen-bond acceptors (Lipinski definition) is 4. The Morgan fingerprint density at radius 2 is 2.17 bits per heavy atom. The van der Waals surface area contributed by atoms with Crippen molar-refractivity contribution < 1.29 is 14.3 Å². The monoisotopic (exact) mass is 251 g/mol. The molecule has 4 nitrogen and oxygen atoms in total. The van der Waals surface area contributed by atoms with E-state index in [1.807, 2.05) is 32.0 Å². The molecule has 100 valence electrons. The molecule has 0 aliphatic carbocycles. The molecule has 0 heterocycles. The van der Waals surface area contributed by atoms with Gasteiger partial charge in [0.2, 0.25) is 0 Å². The van der Waals surface area contributed by atoms with Crippen LogP contribution in [0.3, 0.4) is 0 Å². The van der Waals surface area contributed by atoms with E-state index in [-0.39, 0.29) is 11.9 Å². The fourth-order valence-corrected chi connectivity index (χ4v) is 1.84. The Morgan fingerprint density at radius 3 is 2.72 bits per heavy atom. The lowest BCUT2D eigenvalue weighted by molar-refractivity contribution is -0.147. The third-order valence-electron chi connectivity index (χ3n) is 2.80. The second-order valence-electron chi connectivity index (χ2n) is 4.21. The van der Waals surface area contributed by atoms with Crippen molar-refractivity contribution >= 4 is 5.97 Å². The van der Waals surface area contributed by atoms with Crippen molar-refractivity contribution in [1.29, 1.82) is 0 Å². The molecule has 0 radical (unpaired) electrons. The first-order valence-corrected chi connectivity index (χ1v) is 6.14. The molecular formula is C14H21NO3. The maximum atomic E-state index is 11.6. The summed E-state index contributed by atoms with van der Waals surface area (Å²) >= 11 is 0. The highest BCUT2D eigenvalue weighted by Gasteiger charge is 2.15. The summed E-state index contributed by atoms with van der Waals surface area (Å²) in [4.78, 5) is 11.6. The molecule has 0 aliphatic heterocycles. The lowest BCUT2D eigenvalue weighted by Gasteiger charge is -2.13. The van der Waals surface area contributed by atoms with E-state index in [9.17, 15) is 4.79 Å². The van der Waals surface area contributed by atoms with Gasteiger partial charge in [0.25, 0.3) is 0 Å². The average Bonchev–Trinajstić information content (AvgIpc) is 2.38. The summed E-state index contributed by atoms with van der Waals surface area (Å²) in [6.07, 6.45) is 0.649. The highest BCUT2D eigenvalue weighted by Crippen LogP contribution is 2.21. The molecule has 0 fully saturated rings. The first kappa shape index (κ1) is 14.5. The molecule has 18 heavy (non-hydrogen) atoms. The third kappa shape index (κ3) is 3.74. The molecule has 0 saturated carbocycles. The van der Waals surface area contributed by atoms with E-state index in [1.165, 1.54) is 0 Å². The number of ether oxygens (including phenoxy) is 2. The Bertz CT molecular complexity index is 404. The van der Waals surface area contributed by atoms with Gasteiger partial charge in [-0.05, 0) is 25.0 Å². The summed E-state index contributed by atoms with van der Waals surface area (Å²) in [6, 6.07) is 5.82. The Balaban J connectivity index is 2.76. The smallest absolute Gasteiger partial charge is 0.308 e. The van der Waals surface area contributed by atoms with Crippen LogP contribution in [0.5, 0.6) is 5.75 Å². The van der Waals surface area contributed by atoms with Crippen LogP contribution in [-0.2, 0) is 22.5 Å². The van der Waals surface area contributed by atoms with Gasteiger partial charge in [-0.15, -0.1) is 0 Å². The fraction of sp³-hybridized carbons (Fsp3) is 0.500. The van der Waals surface area contributed by atoms with Gasteiger partial charge in [0.15, 0.2) is 0 Å². The highest BCUT2D eigenvalue weighted by atomic mass is 16.5. The number of methoxy groups -OCH3 is 1. The van der Waals surface area contributed by atoms with Crippen molar-refractivity contribution in [3.8, 4) is 5.75 Å². The molecule has 1 unspecified atom stereocenters. The molecule has 0 aliphatic rings. The van der Waals surface area contributed by atoms with Crippen LogP contribution in [0.2, 0.25) is 0 Å². The Kier molecular flexibility index (Phi) is 5.65. The van der Waals surface area contributed by atoms with Crippen LogP contribution in [0.4, 0.5) is 0 Å². The van der Waals surface area contributed by atoms with Crippen molar-refractivity contribution in [3.63, 3.8) is 0 Å². The van der Waals surface area contributed by atoms with E-state index in [1.54, 1.807) is 7.11 Å². The van der Waals surface area contributed by atoms with Gasteiger partial charge in [-0.1, -0.05) is 19.1 Å². The summed E-state index contributed by atoms with van der Waals surface area (Å²) in [7, 11) is 1.62. The molecule has 1 rings (SSSR count). The molecule has 0 aromatic heterocycles. The Labute approximate surface area is 108 Å². The zero-order chi connectivity index (χ0) is 13.5. The summed E-state index contributed by atoms with van der Waals surface area (Å²) in [5.74, 6) is 0.469. The maximum absolute atomic E-state index is 11.6. The predicted octanol–water partition coefficient (Wildman–Crippen LogP) is 1.90. The molecule has 0 spiro atoms. The standard InChI is InChI=1S/C14H21NO3/c1-4-18-14(16)10(2)7-11-5-6-13(17-3)12(8-11)9-15/h5-6,8,10H,4,7,9,15H2,1-3H3. The van der Waals surface area contributed by atoms with Gasteiger partial charge >= 0.3 is 5.97 Å². The quantitative estimate of drug-likeness (QED) is 0.784. The molecule has 0 saturated heterocycles. The number of esters is 1. The van der Waals surface area contributed by atoms with Crippen molar-refractivity contribution in [2.45, 2.75) is 26.8 Å². The minimum Gasteiger partial charge on any atom is -0.496 e. The normalized spacial score (nSPS) is 12.0. The van der Waals surface area contributed by atoms with E-state index < -0.39 is 0 Å². The SMILES string of the molecule is CCOC(=O)C(C)Cc1ccc(OC)c(CN)c1. The van der Waals surface area contributed by atoms with Crippen LogP contribution in [0, 0.1) is 5.92 Å². The van der Waals surface area contributed by atoms with E-state index >= 15 is 0 Å². The number of rotatable bonds is 6. The van der Waals surface area contributed by atoms with Crippen molar-refractivity contribution in [2.24, 2.45) is 11.7 Å². The lowest BCUT2D eigenvalue weighted by Crippen LogP contribution is -2.17. The molecule has 0 amide bonds. The van der Waals surface area contributed by atoms with Crippen LogP contribution in [0.15, 0.2) is 18.2 Å². The lowest BCUT2D eigenvalue weighted by atomic mass is 9.99. The maximum Gasteiger partial charge on any atom is 0.308 e. The molecule has 2 N–H and O–H groups in total. The number of carbonyl (C=O) groups is 1. The summed E-state index contributed by atoms with van der Waals surface area (Å²) < 4.78 is 10.2. The Hall–Kier alpha value is -1.55. The van der Waals surface area contributed by atoms with Gasteiger partial charge in [-0.3, -0.25) is 4.79 Å². The van der Waals surface area contributed by atoms with Gasteiger partial charge in [0.1, 0.15) is 5.75 Å². The van der Waals surface area contributed by atoms with Crippen LogP contribution in [-0.4, -0.2) is 19.7 Å². The zero-order valence-electron chi connectivity index (χ0n) is 11.2. The van der Waals surface area contributed by atoms with Crippen molar-refractivity contribution in [2.75, 3.05) is 13.7 Å². The predicted molar refractivity (Wildman–Crippen MR) is 70.4 cm³/mol. The van der Waals surface area contributed by atoms with Crippen LogP contribution in [0.1, 0.15) is 25.0 Å². The fourth-order valence-electron chi connectivity index (χ4n) is 1.84. The number of carbonyl (C=O) groups excluding carboxylic acids is 1. The van der Waals surface area contributed by atoms with E-state index in [0.29, 0.717) is 19.6 Å². The first-order valence-electron chi connectivity index (χ1n) is 6.14. The van der Waals surface area contributed by atoms with Gasteiger partial charge in [0, 0.05) is 12.1 Å². The van der Waals surface area contributed by atoms with E-state index in [0.717, 1.165) is 16.9 Å². The number of benzene rings is 1. The highest BCUT2D eigenvalue weighted by molar-refractivity contribution is 5.72. The molecule has 1 aromatic rings. The van der Waals surface area contributed by atoms with Gasteiger partial charge < -0.3 is 15.2 Å². The third-order valence-corrected chi connectivity index (χ3v) is 2.80. The summed E-state index contributed by atoms with van der Waals surface area (Å²) in [6.45, 7) is 4.51. The van der Waals surface area contributed by atoms with Gasteiger partial charge in [-0.25, -0.2) is 0 Å². The van der Waals surface area contributed by atoms with E-state index in [2.05, 4.69) is 0 Å². The molecular weight excluding hydrogens is 230 g/mol. The van der Waals surface area contributed by atoms with Crippen LogP contribution in [0.25, 0.3) is 0 Å². The average molecular weight is 251 g/mol. The topological polar surface area (TPSA) is 61.5 Å². The minimum absolute atomic E-state index is 0.149. The molecule has 1 atom stereocenters. The molecule has 4 heteroatoms. The zero-order valence-corrected chi connectivity index (χ0v) is 11.2. The summed E-state index contributed by atoms with van der Waals surface area (Å²) in [5.41, 5.74) is 7.68. The Morgan fingerprint density at radius 1 is 1.44 bits per heavy atom. The second kappa shape index (κ2) is 7.01. The van der Waals surface area contributed by atoms with Crippen molar-refractivity contribution in [3.05, 3.63) is 29.3 Å². The largest absolute Gasteiger partial charge is 0.496 e.